The zero-order valence-electron chi connectivity index (χ0n) is 17.3. The fourth-order valence-corrected chi connectivity index (χ4v) is 20.2. The number of rotatable bonds is 6. The van der Waals surface area contributed by atoms with Crippen molar-refractivity contribution in [3.8, 4) is 0 Å². The molecule has 0 heterocycles. The van der Waals surface area contributed by atoms with E-state index in [0.29, 0.717) is 11.3 Å². The molecule has 1 aromatic rings. The van der Waals surface area contributed by atoms with E-state index >= 15 is 0 Å². The molecule has 1 atom stereocenters. The Morgan fingerprint density at radius 3 is 2.31 bits per heavy atom. The van der Waals surface area contributed by atoms with Crippen molar-refractivity contribution in [3.05, 3.63) is 41.5 Å². The van der Waals surface area contributed by atoms with E-state index in [-0.39, 0.29) is 9.76 Å². The van der Waals surface area contributed by atoms with Crippen LogP contribution in [0.5, 0.6) is 0 Å². The fraction of sp³-hybridized carbons (Fsp3) is 0.550. The van der Waals surface area contributed by atoms with Gasteiger partial charge in [0.25, 0.3) is 0 Å². The van der Waals surface area contributed by atoms with Crippen LogP contribution in [0.3, 0.4) is 0 Å². The first-order chi connectivity index (χ1) is 11.3. The number of hydrogen-bond acceptors (Lipinski definition) is 2. The zero-order valence-corrected chi connectivity index (χ0v) is 21.4. The van der Waals surface area contributed by atoms with Gasteiger partial charge in [0.05, 0.1) is 0 Å². The first-order valence-electron chi connectivity index (χ1n) is 9.44. The second kappa shape index (κ2) is 5.44. The topological polar surface area (TPSA) is 21.3 Å². The minimum absolute atomic E-state index is 0.170. The Bertz CT molecular complexity index is 869. The average Bonchev–Trinajstić information content (AvgIpc) is 2.78. The van der Waals surface area contributed by atoms with Gasteiger partial charge in [-0.05, 0) is 0 Å². The Labute approximate surface area is 163 Å². The van der Waals surface area contributed by atoms with Gasteiger partial charge >= 0.3 is 165 Å². The third-order valence-corrected chi connectivity index (χ3v) is 20.7. The van der Waals surface area contributed by atoms with Crippen LogP contribution in [0.4, 0.5) is 0 Å². The number of benzene rings is 1. The molecule has 2 nitrogen and oxygen atoms in total. The molecule has 1 aliphatic rings. The summed E-state index contributed by atoms with van der Waals surface area (Å²) in [5.41, 5.74) is 2.02. The second-order valence-electron chi connectivity index (χ2n) is 11.3. The molecule has 148 valence electrons. The molecule has 0 amide bonds. The molecule has 1 aromatic carbocycles. The number of allylic oxidation sites excluding steroid dienone is 1. The van der Waals surface area contributed by atoms with E-state index in [2.05, 4.69) is 68.5 Å². The standard InChI is InChI=1S/C9H7.C5H13OSi.C4H10N.CH3.CH2.2ClH.Ti/c1-2-5-9-7-3-6-8(9)4-1;1-5-6-7(2,3)4;1-4(2,3)5;;;;;/h1-7H;1,5H2,2-4H3;5H,1-3H3;1H3;1H2;2*1H;/q;;-1;;;;;+3/p-2. The van der Waals surface area contributed by atoms with Gasteiger partial charge in [0, 0.05) is 0 Å². The second-order valence-corrected chi connectivity index (χ2v) is 43.1. The first-order valence-corrected chi connectivity index (χ1v) is 22.6. The first kappa shape index (κ1) is 22.5. The van der Waals surface area contributed by atoms with E-state index in [1.807, 2.05) is 17.4 Å². The van der Waals surface area contributed by atoms with Crippen molar-refractivity contribution >= 4 is 37.8 Å². The van der Waals surface area contributed by atoms with E-state index < -0.39 is 18.7 Å². The van der Waals surface area contributed by atoms with Gasteiger partial charge < -0.3 is 0 Å². The molecular formula is C20H35Cl2NOSiTi. The summed E-state index contributed by atoms with van der Waals surface area (Å²) >= 11 is 0. The molecular weight excluding hydrogens is 417 g/mol. The summed E-state index contributed by atoms with van der Waals surface area (Å²) < 4.78 is 10.2. The molecule has 0 spiro atoms. The van der Waals surface area contributed by atoms with E-state index in [0.717, 1.165) is 11.1 Å². The Morgan fingerprint density at radius 2 is 1.77 bits per heavy atom. The maximum absolute atomic E-state index is 7.76. The molecule has 26 heavy (non-hydrogen) atoms. The van der Waals surface area contributed by atoms with Crippen molar-refractivity contribution in [1.29, 1.82) is 0 Å². The van der Waals surface area contributed by atoms with Crippen molar-refractivity contribution in [3.63, 3.8) is 0 Å². The SMILES string of the molecule is [CH2]=[Ti]([CH3])([Cl])([Cl])([CH2]CO[Si](C)(C)C)([NH]C(C)(C)C)[CH]1C=Cc2ccccc21. The van der Waals surface area contributed by atoms with Crippen LogP contribution < -0.4 is 3.80 Å². The Morgan fingerprint density at radius 1 is 1.19 bits per heavy atom. The Kier molecular flexibility index (Phi) is 4.72. The summed E-state index contributed by atoms with van der Waals surface area (Å²) in [5, 5.41) is 2.01. The van der Waals surface area contributed by atoms with Crippen molar-refractivity contribution in [1.82, 2.24) is 3.80 Å². The zero-order chi connectivity index (χ0) is 20.2. The maximum atomic E-state index is 7.76. The predicted molar refractivity (Wildman–Crippen MR) is 120 cm³/mol. The molecule has 0 radical (unpaired) electrons. The van der Waals surface area contributed by atoms with Crippen LogP contribution >= 0.6 is 18.6 Å². The van der Waals surface area contributed by atoms with Gasteiger partial charge in [-0.2, -0.15) is 0 Å². The van der Waals surface area contributed by atoms with Crippen LogP contribution in [0.2, 0.25) is 29.6 Å². The van der Waals surface area contributed by atoms with E-state index in [4.69, 9.17) is 27.9 Å². The summed E-state index contributed by atoms with van der Waals surface area (Å²) in [5.74, 6) is 0. The van der Waals surface area contributed by atoms with Crippen LogP contribution in [0.25, 0.3) is 6.08 Å². The van der Waals surface area contributed by atoms with E-state index in [9.17, 15) is 0 Å². The van der Waals surface area contributed by atoms with Crippen LogP contribution in [0, 0.1) is 0 Å². The van der Waals surface area contributed by atoms with Gasteiger partial charge in [-0.15, -0.1) is 0 Å². The van der Waals surface area contributed by atoms with Crippen molar-refractivity contribution in [2.45, 2.75) is 60.1 Å². The number of fused-ring (bicyclic) bond motifs is 1. The molecule has 6 heteroatoms. The minimum atomic E-state index is -5.61. The molecule has 0 bridgehead atoms. The summed E-state index contributed by atoms with van der Waals surface area (Å²) in [6.07, 6.45) is 4.26. The number of nitrogens with one attached hydrogen (secondary N) is 1. The fourth-order valence-electron chi connectivity index (χ4n) is 4.59. The molecule has 0 saturated carbocycles. The third-order valence-electron chi connectivity index (χ3n) is 5.31. The molecule has 1 aliphatic carbocycles. The molecule has 0 aromatic heterocycles. The van der Waals surface area contributed by atoms with Gasteiger partial charge in [-0.1, -0.05) is 0 Å². The Hall–Kier alpha value is 0.261. The predicted octanol–water partition coefficient (Wildman–Crippen LogP) is 6.88. The summed E-state index contributed by atoms with van der Waals surface area (Å²) in [7, 11) is 8.22. The summed E-state index contributed by atoms with van der Waals surface area (Å²) in [4.78, 5) is 4.73. The van der Waals surface area contributed by atoms with Crippen LogP contribution in [-0.4, -0.2) is 25.3 Å². The number of hydrogen-bond donors (Lipinski definition) is 1. The molecule has 0 aliphatic heterocycles. The van der Waals surface area contributed by atoms with Gasteiger partial charge in [-0.25, -0.2) is 0 Å². The molecule has 1 N–H and O–H groups in total. The van der Waals surface area contributed by atoms with E-state index in [1.54, 1.807) is 0 Å². The molecule has 0 fully saturated rings. The van der Waals surface area contributed by atoms with E-state index in [1.165, 1.54) is 0 Å². The normalized spacial score (nSPS) is 22.2. The van der Waals surface area contributed by atoms with Crippen LogP contribution in [0.1, 0.15) is 36.1 Å². The number of halogens is 2. The van der Waals surface area contributed by atoms with Crippen LogP contribution in [-0.2, 0) is 14.8 Å². The molecule has 2 rings (SSSR count). The van der Waals surface area contributed by atoms with Crippen molar-refractivity contribution < 1.29 is 14.8 Å². The molecule has 1 unspecified atom stereocenters. The van der Waals surface area contributed by atoms with Crippen molar-refractivity contribution in [2.75, 3.05) is 6.61 Å². The van der Waals surface area contributed by atoms with Gasteiger partial charge in [0.15, 0.2) is 0 Å². The van der Waals surface area contributed by atoms with Gasteiger partial charge in [0.2, 0.25) is 0 Å². The van der Waals surface area contributed by atoms with Crippen molar-refractivity contribution in [2.24, 2.45) is 0 Å². The van der Waals surface area contributed by atoms with Crippen LogP contribution in [0.15, 0.2) is 30.3 Å². The average molecular weight is 452 g/mol. The summed E-state index contributed by atoms with van der Waals surface area (Å²) in [6.45, 7) is 13.3. The summed E-state index contributed by atoms with van der Waals surface area (Å²) in [6, 6.07) is 8.30. The Balaban J connectivity index is 2.65. The third kappa shape index (κ3) is 4.81. The quantitative estimate of drug-likeness (QED) is 0.476. The monoisotopic (exact) mass is 451 g/mol. The van der Waals surface area contributed by atoms with Gasteiger partial charge in [-0.3, -0.25) is 0 Å². The van der Waals surface area contributed by atoms with Gasteiger partial charge in [0.1, 0.15) is 0 Å². The molecule has 0 saturated heterocycles.